The Labute approximate surface area is 154 Å². The van der Waals surface area contributed by atoms with Crippen LogP contribution in [0, 0.1) is 0 Å². The fourth-order valence-electron chi connectivity index (χ4n) is 2.28. The molecule has 2 rings (SSSR count). The van der Waals surface area contributed by atoms with Crippen LogP contribution in [0.5, 0.6) is 0 Å². The smallest absolute Gasteiger partial charge is 0.341 e. The van der Waals surface area contributed by atoms with Gasteiger partial charge in [0.05, 0.1) is 21.6 Å². The summed E-state index contributed by atoms with van der Waals surface area (Å²) in [5.74, 6) is -1.71. The van der Waals surface area contributed by atoms with Gasteiger partial charge < -0.3 is 9.84 Å². The predicted molar refractivity (Wildman–Crippen MR) is 94.6 cm³/mol. The number of sulfone groups is 1. The van der Waals surface area contributed by atoms with E-state index in [0.717, 1.165) is 17.0 Å². The number of halogens is 1. The van der Waals surface area contributed by atoms with Gasteiger partial charge in [-0.3, -0.25) is 14.3 Å². The van der Waals surface area contributed by atoms with Crippen LogP contribution < -0.4 is 5.56 Å². The van der Waals surface area contributed by atoms with Gasteiger partial charge in [0.1, 0.15) is 5.56 Å². The lowest BCUT2D eigenvalue weighted by Crippen LogP contribution is -2.21. The maximum atomic E-state index is 12.6. The predicted octanol–water partition coefficient (Wildman–Crippen LogP) is 1.57. The second-order valence-corrected chi connectivity index (χ2v) is 8.27. The lowest BCUT2D eigenvalue weighted by Gasteiger charge is -2.14. The molecule has 0 bridgehead atoms. The standard InChI is InChI=1S/C16H17ClN2O6S/c1-8(2)25-16(22)12-11(26(4,23)24)6-5-9(13(12)17)14(20)10-7-18-19(3)15(10)21/h5-8,18H,1-4H3. The molecule has 0 radical (unpaired) electrons. The molecule has 0 fully saturated rings. The molecule has 1 aromatic heterocycles. The number of benzene rings is 1. The SMILES string of the molecule is CC(C)OC(=O)c1c(S(C)(=O)=O)ccc(C(=O)c2c[nH]n(C)c2=O)c1Cl. The number of nitrogens with one attached hydrogen (secondary N) is 1. The topological polar surface area (TPSA) is 115 Å². The molecule has 0 saturated carbocycles. The lowest BCUT2D eigenvalue weighted by atomic mass is 10.0. The zero-order valence-electron chi connectivity index (χ0n) is 14.5. The van der Waals surface area contributed by atoms with Crippen LogP contribution in [-0.4, -0.2) is 42.3 Å². The molecule has 1 heterocycles. The normalized spacial score (nSPS) is 11.6. The van der Waals surface area contributed by atoms with Gasteiger partial charge in [0.25, 0.3) is 5.56 Å². The minimum absolute atomic E-state index is 0.175. The third-order valence-corrected chi connectivity index (χ3v) is 5.01. The Morgan fingerprint density at radius 1 is 1.23 bits per heavy atom. The van der Waals surface area contributed by atoms with Crippen LogP contribution in [0.1, 0.15) is 40.1 Å². The van der Waals surface area contributed by atoms with E-state index in [4.69, 9.17) is 16.3 Å². The average Bonchev–Trinajstić information content (AvgIpc) is 2.84. The van der Waals surface area contributed by atoms with Crippen LogP contribution in [0.15, 0.2) is 28.0 Å². The van der Waals surface area contributed by atoms with Crippen LogP contribution in [-0.2, 0) is 21.6 Å². The summed E-state index contributed by atoms with van der Waals surface area (Å²) in [6, 6.07) is 2.27. The van der Waals surface area contributed by atoms with Crippen LogP contribution >= 0.6 is 11.6 Å². The van der Waals surface area contributed by atoms with E-state index >= 15 is 0 Å². The van der Waals surface area contributed by atoms with Crippen molar-refractivity contribution in [1.82, 2.24) is 9.78 Å². The molecule has 1 aromatic carbocycles. The number of nitrogens with zero attached hydrogens (tertiary/aromatic N) is 1. The first kappa shape index (κ1) is 19.9. The van der Waals surface area contributed by atoms with E-state index < -0.39 is 38.8 Å². The van der Waals surface area contributed by atoms with E-state index in [1.54, 1.807) is 13.8 Å². The minimum atomic E-state index is -3.82. The second-order valence-electron chi connectivity index (χ2n) is 5.91. The molecule has 2 aromatic rings. The molecule has 26 heavy (non-hydrogen) atoms. The Morgan fingerprint density at radius 3 is 2.31 bits per heavy atom. The summed E-state index contributed by atoms with van der Waals surface area (Å²) < 4.78 is 30.1. The summed E-state index contributed by atoms with van der Waals surface area (Å²) in [5, 5.41) is 2.18. The molecule has 0 aliphatic heterocycles. The molecule has 10 heteroatoms. The van der Waals surface area contributed by atoms with Crippen molar-refractivity contribution in [3.8, 4) is 0 Å². The molecular weight excluding hydrogens is 384 g/mol. The van der Waals surface area contributed by atoms with Crippen molar-refractivity contribution in [2.24, 2.45) is 7.05 Å². The zero-order chi connectivity index (χ0) is 19.8. The summed E-state index contributed by atoms with van der Waals surface area (Å²) in [5.41, 5.74) is -1.37. The monoisotopic (exact) mass is 400 g/mol. The van der Waals surface area contributed by atoms with Crippen LogP contribution in [0.25, 0.3) is 0 Å². The quantitative estimate of drug-likeness (QED) is 0.601. The van der Waals surface area contributed by atoms with Gasteiger partial charge in [-0.1, -0.05) is 11.6 Å². The minimum Gasteiger partial charge on any atom is -0.459 e. The molecule has 0 spiro atoms. The Balaban J connectivity index is 2.71. The fourth-order valence-corrected chi connectivity index (χ4v) is 3.53. The van der Waals surface area contributed by atoms with E-state index in [9.17, 15) is 22.8 Å². The molecule has 0 amide bonds. The molecule has 1 N–H and O–H groups in total. The molecule has 8 nitrogen and oxygen atoms in total. The molecule has 0 aliphatic carbocycles. The number of hydrogen-bond donors (Lipinski definition) is 1. The maximum absolute atomic E-state index is 12.6. The van der Waals surface area contributed by atoms with Gasteiger partial charge in [-0.05, 0) is 26.0 Å². The summed E-state index contributed by atoms with van der Waals surface area (Å²) in [6.07, 6.45) is 1.59. The Kier molecular flexibility index (Phi) is 5.43. The third kappa shape index (κ3) is 3.73. The van der Waals surface area contributed by atoms with E-state index in [-0.39, 0.29) is 21.0 Å². The van der Waals surface area contributed by atoms with E-state index in [1.807, 2.05) is 0 Å². The van der Waals surface area contributed by atoms with Gasteiger partial charge in [0, 0.05) is 25.1 Å². The largest absolute Gasteiger partial charge is 0.459 e. The third-order valence-electron chi connectivity index (χ3n) is 3.48. The number of esters is 1. The highest BCUT2D eigenvalue weighted by Gasteiger charge is 2.29. The highest BCUT2D eigenvalue weighted by molar-refractivity contribution is 7.90. The summed E-state index contributed by atoms with van der Waals surface area (Å²) >= 11 is 6.20. The Hall–Kier alpha value is -2.39. The van der Waals surface area contributed by atoms with E-state index in [1.165, 1.54) is 19.3 Å². The number of aromatic nitrogens is 2. The van der Waals surface area contributed by atoms with E-state index in [2.05, 4.69) is 5.10 Å². The Morgan fingerprint density at radius 2 is 1.85 bits per heavy atom. The van der Waals surface area contributed by atoms with Gasteiger partial charge in [0.2, 0.25) is 5.78 Å². The number of carbonyl (C=O) groups is 2. The maximum Gasteiger partial charge on any atom is 0.341 e. The second kappa shape index (κ2) is 7.08. The zero-order valence-corrected chi connectivity index (χ0v) is 16.1. The number of aromatic amines is 1. The Bertz CT molecular complexity index is 1050. The van der Waals surface area contributed by atoms with Gasteiger partial charge in [-0.15, -0.1) is 0 Å². The van der Waals surface area contributed by atoms with Gasteiger partial charge in [-0.2, -0.15) is 0 Å². The first-order valence-electron chi connectivity index (χ1n) is 7.47. The first-order valence-corrected chi connectivity index (χ1v) is 9.74. The number of rotatable bonds is 5. The lowest BCUT2D eigenvalue weighted by molar-refractivity contribution is 0.0373. The van der Waals surface area contributed by atoms with Crippen LogP contribution in [0.2, 0.25) is 5.02 Å². The number of hydrogen-bond acceptors (Lipinski definition) is 6. The van der Waals surface area contributed by atoms with Crippen molar-refractivity contribution in [2.75, 3.05) is 6.26 Å². The molecular formula is C16H17ClN2O6S. The van der Waals surface area contributed by atoms with Crippen molar-refractivity contribution in [2.45, 2.75) is 24.8 Å². The highest BCUT2D eigenvalue weighted by atomic mass is 35.5. The van der Waals surface area contributed by atoms with Gasteiger partial charge in [-0.25, -0.2) is 13.2 Å². The van der Waals surface area contributed by atoms with Gasteiger partial charge >= 0.3 is 5.97 Å². The fraction of sp³-hybridized carbons (Fsp3) is 0.312. The molecule has 0 aliphatic rings. The van der Waals surface area contributed by atoms with E-state index in [0.29, 0.717) is 0 Å². The van der Waals surface area contributed by atoms with Crippen molar-refractivity contribution in [1.29, 1.82) is 0 Å². The van der Waals surface area contributed by atoms with Gasteiger partial charge in [0.15, 0.2) is 9.84 Å². The first-order chi connectivity index (χ1) is 11.9. The number of H-pyrrole nitrogens is 1. The average molecular weight is 401 g/mol. The highest BCUT2D eigenvalue weighted by Crippen LogP contribution is 2.30. The number of ketones is 1. The summed E-state index contributed by atoms with van der Waals surface area (Å²) in [6.45, 7) is 3.18. The van der Waals surface area contributed by atoms with Crippen LogP contribution in [0.4, 0.5) is 0 Å². The number of ether oxygens (including phenoxy) is 1. The van der Waals surface area contributed by atoms with Crippen molar-refractivity contribution < 1.29 is 22.7 Å². The van der Waals surface area contributed by atoms with Crippen LogP contribution in [0.3, 0.4) is 0 Å². The molecule has 0 unspecified atom stereocenters. The molecule has 0 atom stereocenters. The van der Waals surface area contributed by atoms with Crippen molar-refractivity contribution in [3.63, 3.8) is 0 Å². The molecule has 0 saturated heterocycles. The summed E-state index contributed by atoms with van der Waals surface area (Å²) in [4.78, 5) is 36.6. The summed E-state index contributed by atoms with van der Waals surface area (Å²) in [7, 11) is -2.39. The van der Waals surface area contributed by atoms with Crippen molar-refractivity contribution in [3.05, 3.63) is 50.4 Å². The molecule has 140 valence electrons. The van der Waals surface area contributed by atoms with Crippen molar-refractivity contribution >= 4 is 33.2 Å². The number of aryl methyl sites for hydroxylation is 1. The number of carbonyl (C=O) groups excluding carboxylic acids is 2.